The zero-order valence-electron chi connectivity index (χ0n) is 19.9. The van der Waals surface area contributed by atoms with Crippen molar-refractivity contribution in [3.8, 4) is 11.8 Å². The molecule has 0 spiro atoms. The lowest BCUT2D eigenvalue weighted by molar-refractivity contribution is 0.0890. The number of amides is 2. The van der Waals surface area contributed by atoms with Crippen LogP contribution in [0.25, 0.3) is 0 Å². The molecule has 0 aromatic heterocycles. The molecule has 7 nitrogen and oxygen atoms in total. The maximum atomic E-state index is 12.5. The third-order valence-corrected chi connectivity index (χ3v) is 6.05. The van der Waals surface area contributed by atoms with Gasteiger partial charge in [-0.3, -0.25) is 4.90 Å². The Balaban J connectivity index is 1.48. The number of nitriles is 1. The number of ether oxygens (including phenoxy) is 1. The zero-order chi connectivity index (χ0) is 23.6. The highest BCUT2D eigenvalue weighted by Gasteiger charge is 2.25. The molecule has 7 heteroatoms. The van der Waals surface area contributed by atoms with Crippen LogP contribution in [0, 0.1) is 17.2 Å². The van der Waals surface area contributed by atoms with Crippen LogP contribution in [0.2, 0.25) is 0 Å². The lowest BCUT2D eigenvalue weighted by atomic mass is 10.0. The molecule has 1 heterocycles. The van der Waals surface area contributed by atoms with Gasteiger partial charge in [-0.1, -0.05) is 38.1 Å². The van der Waals surface area contributed by atoms with Crippen molar-refractivity contribution >= 4 is 11.7 Å². The molecular formula is C26H35N5O2. The van der Waals surface area contributed by atoms with Gasteiger partial charge in [-0.25, -0.2) is 4.79 Å². The van der Waals surface area contributed by atoms with Gasteiger partial charge in [-0.05, 0) is 48.4 Å². The molecule has 176 valence electrons. The van der Waals surface area contributed by atoms with Crippen molar-refractivity contribution in [1.82, 2.24) is 15.1 Å². The number of urea groups is 1. The predicted molar refractivity (Wildman–Crippen MR) is 131 cm³/mol. The minimum Gasteiger partial charge on any atom is -0.489 e. The summed E-state index contributed by atoms with van der Waals surface area (Å²) < 4.78 is 5.84. The van der Waals surface area contributed by atoms with E-state index in [2.05, 4.69) is 47.4 Å². The third kappa shape index (κ3) is 7.77. The molecule has 1 atom stereocenters. The SMILES string of the molecule is CC(C)C(CNC(=O)Nc1cccc(COc2ccc(CC#N)cc2)c1)N1CCN(C)CC1. The van der Waals surface area contributed by atoms with Crippen molar-refractivity contribution in [3.05, 3.63) is 59.7 Å². The van der Waals surface area contributed by atoms with Gasteiger partial charge in [0.2, 0.25) is 0 Å². The van der Waals surface area contributed by atoms with E-state index in [1.54, 1.807) is 0 Å². The minimum atomic E-state index is -0.194. The maximum absolute atomic E-state index is 12.5. The summed E-state index contributed by atoms with van der Waals surface area (Å²) in [5.74, 6) is 1.21. The van der Waals surface area contributed by atoms with E-state index >= 15 is 0 Å². The fraction of sp³-hybridized carbons (Fsp3) is 0.462. The summed E-state index contributed by atoms with van der Waals surface area (Å²) in [6.07, 6.45) is 0.392. The van der Waals surface area contributed by atoms with Crippen molar-refractivity contribution in [1.29, 1.82) is 5.26 Å². The molecule has 0 bridgehead atoms. The second-order valence-electron chi connectivity index (χ2n) is 8.95. The average molecular weight is 450 g/mol. The summed E-state index contributed by atoms with van der Waals surface area (Å²) >= 11 is 0. The zero-order valence-corrected chi connectivity index (χ0v) is 19.9. The topological polar surface area (TPSA) is 80.6 Å². The average Bonchev–Trinajstić information content (AvgIpc) is 2.80. The van der Waals surface area contributed by atoms with E-state index in [0.29, 0.717) is 31.5 Å². The van der Waals surface area contributed by atoms with Crippen molar-refractivity contribution < 1.29 is 9.53 Å². The van der Waals surface area contributed by atoms with Gasteiger partial charge in [0.05, 0.1) is 12.5 Å². The van der Waals surface area contributed by atoms with Crippen LogP contribution in [0.4, 0.5) is 10.5 Å². The number of carbonyl (C=O) groups is 1. The lowest BCUT2D eigenvalue weighted by Crippen LogP contribution is -2.54. The number of rotatable bonds is 9. The number of piperazine rings is 1. The van der Waals surface area contributed by atoms with Crippen LogP contribution in [0.15, 0.2) is 48.5 Å². The van der Waals surface area contributed by atoms with Crippen LogP contribution in [0.1, 0.15) is 25.0 Å². The number of nitrogens with zero attached hydrogens (tertiary/aromatic N) is 3. The number of hydrogen-bond donors (Lipinski definition) is 2. The van der Waals surface area contributed by atoms with Gasteiger partial charge < -0.3 is 20.3 Å². The number of hydrogen-bond acceptors (Lipinski definition) is 5. The second kappa shape index (κ2) is 12.2. The van der Waals surface area contributed by atoms with Crippen molar-refractivity contribution in [2.75, 3.05) is 45.1 Å². The van der Waals surface area contributed by atoms with E-state index in [9.17, 15) is 4.79 Å². The number of benzene rings is 2. The third-order valence-electron chi connectivity index (χ3n) is 6.05. The van der Waals surface area contributed by atoms with Gasteiger partial charge in [0.25, 0.3) is 0 Å². The Morgan fingerprint density at radius 1 is 1.09 bits per heavy atom. The molecule has 0 saturated carbocycles. The number of nitrogens with one attached hydrogen (secondary N) is 2. The number of likely N-dealkylation sites (N-methyl/N-ethyl adjacent to an activating group) is 1. The van der Waals surface area contributed by atoms with Crippen LogP contribution in [-0.2, 0) is 13.0 Å². The van der Waals surface area contributed by atoms with E-state index in [1.807, 2.05) is 48.5 Å². The molecule has 2 aromatic rings. The Morgan fingerprint density at radius 3 is 2.48 bits per heavy atom. The van der Waals surface area contributed by atoms with Crippen LogP contribution in [0.3, 0.4) is 0 Å². The van der Waals surface area contributed by atoms with E-state index in [4.69, 9.17) is 10.00 Å². The molecule has 1 saturated heterocycles. The Morgan fingerprint density at radius 2 is 1.82 bits per heavy atom. The largest absolute Gasteiger partial charge is 0.489 e. The lowest BCUT2D eigenvalue weighted by Gasteiger charge is -2.39. The first-order valence-electron chi connectivity index (χ1n) is 11.6. The molecule has 1 aliphatic rings. The van der Waals surface area contributed by atoms with Gasteiger partial charge in [0.1, 0.15) is 12.4 Å². The first-order valence-corrected chi connectivity index (χ1v) is 11.6. The summed E-state index contributed by atoms with van der Waals surface area (Å²) in [5, 5.41) is 14.8. The standard InChI is InChI=1S/C26H35N5O2/c1-20(2)25(31-15-13-30(3)14-16-31)18-28-26(32)29-23-6-4-5-22(17-23)19-33-24-9-7-21(8-10-24)11-12-27/h4-10,17,20,25H,11,13-16,18-19H2,1-3H3,(H2,28,29,32). The Hall–Kier alpha value is -3.08. The molecule has 2 N–H and O–H groups in total. The molecule has 2 amide bonds. The van der Waals surface area contributed by atoms with E-state index in [1.165, 1.54) is 0 Å². The normalized spacial score (nSPS) is 15.6. The van der Waals surface area contributed by atoms with Crippen molar-refractivity contribution in [3.63, 3.8) is 0 Å². The summed E-state index contributed by atoms with van der Waals surface area (Å²) in [4.78, 5) is 17.4. The highest BCUT2D eigenvalue weighted by atomic mass is 16.5. The first-order chi connectivity index (χ1) is 15.9. The maximum Gasteiger partial charge on any atom is 0.319 e. The summed E-state index contributed by atoms with van der Waals surface area (Å²) in [7, 11) is 2.15. The summed E-state index contributed by atoms with van der Waals surface area (Å²) in [5.41, 5.74) is 2.67. The Bertz CT molecular complexity index is 930. The Labute approximate surface area is 197 Å². The molecule has 0 radical (unpaired) electrons. The van der Waals surface area contributed by atoms with E-state index in [-0.39, 0.29) is 6.03 Å². The molecule has 1 unspecified atom stereocenters. The van der Waals surface area contributed by atoms with Crippen LogP contribution < -0.4 is 15.4 Å². The molecule has 1 fully saturated rings. The first kappa shape index (κ1) is 24.6. The number of anilines is 1. The van der Waals surface area contributed by atoms with Gasteiger partial charge in [0, 0.05) is 44.5 Å². The molecule has 3 rings (SSSR count). The smallest absolute Gasteiger partial charge is 0.319 e. The minimum absolute atomic E-state index is 0.194. The Kier molecular flexibility index (Phi) is 9.11. The van der Waals surface area contributed by atoms with Gasteiger partial charge in [0.15, 0.2) is 0 Å². The predicted octanol–water partition coefficient (Wildman–Crippen LogP) is 3.73. The van der Waals surface area contributed by atoms with Gasteiger partial charge in [-0.15, -0.1) is 0 Å². The van der Waals surface area contributed by atoms with Crippen LogP contribution in [0.5, 0.6) is 5.75 Å². The summed E-state index contributed by atoms with van der Waals surface area (Å²) in [6, 6.07) is 17.5. The van der Waals surface area contributed by atoms with Crippen LogP contribution >= 0.6 is 0 Å². The van der Waals surface area contributed by atoms with E-state index < -0.39 is 0 Å². The molecule has 33 heavy (non-hydrogen) atoms. The second-order valence-corrected chi connectivity index (χ2v) is 8.95. The fourth-order valence-electron chi connectivity index (χ4n) is 4.01. The van der Waals surface area contributed by atoms with Gasteiger partial charge in [-0.2, -0.15) is 5.26 Å². The highest BCUT2D eigenvalue weighted by molar-refractivity contribution is 5.89. The fourth-order valence-corrected chi connectivity index (χ4v) is 4.01. The molecule has 1 aliphatic heterocycles. The van der Waals surface area contributed by atoms with Gasteiger partial charge >= 0.3 is 6.03 Å². The monoisotopic (exact) mass is 449 g/mol. The van der Waals surface area contributed by atoms with Crippen molar-refractivity contribution in [2.45, 2.75) is 32.9 Å². The molecular weight excluding hydrogens is 414 g/mol. The highest BCUT2D eigenvalue weighted by Crippen LogP contribution is 2.17. The molecule has 0 aliphatic carbocycles. The van der Waals surface area contributed by atoms with Crippen LogP contribution in [-0.4, -0.2) is 61.6 Å². The van der Waals surface area contributed by atoms with Crippen molar-refractivity contribution in [2.24, 2.45) is 5.92 Å². The summed E-state index contributed by atoms with van der Waals surface area (Å²) in [6.45, 7) is 9.64. The van der Waals surface area contributed by atoms with E-state index in [0.717, 1.165) is 48.7 Å². The number of carbonyl (C=O) groups excluding carboxylic acids is 1. The quantitative estimate of drug-likeness (QED) is 0.610. The molecule has 2 aromatic carbocycles.